The van der Waals surface area contributed by atoms with Gasteiger partial charge in [0.05, 0.1) is 11.2 Å². The van der Waals surface area contributed by atoms with Gasteiger partial charge in [0.2, 0.25) is 5.91 Å². The van der Waals surface area contributed by atoms with E-state index in [4.69, 9.17) is 9.84 Å². The number of aromatic carboxylic acids is 1. The number of nitrogens with one attached hydrogen (secondary N) is 1. The number of hydrogen-bond donors (Lipinski definition) is 3. The molecule has 3 N–H and O–H groups in total. The van der Waals surface area contributed by atoms with Crippen molar-refractivity contribution < 1.29 is 24.5 Å². The van der Waals surface area contributed by atoms with Crippen LogP contribution in [-0.2, 0) is 11.2 Å². The maximum Gasteiger partial charge on any atom is 0.335 e. The largest absolute Gasteiger partial charge is 0.491 e. The standard InChI is InChI=1S/C20H23NO5/c1-20(2,25)13-26-17-10-8-16(9-11-17)21-18(22)12-5-14-3-6-15(7-4-14)19(23)24/h3-4,6-11,25H,5,12-13H2,1-2H3,(H,21,22)(H,23,24). The van der Waals surface area contributed by atoms with Gasteiger partial charge in [0.25, 0.3) is 0 Å². The van der Waals surface area contributed by atoms with Gasteiger partial charge in [-0.15, -0.1) is 0 Å². The number of carboxylic acids is 1. The van der Waals surface area contributed by atoms with Gasteiger partial charge in [0, 0.05) is 12.1 Å². The van der Waals surface area contributed by atoms with Crippen molar-refractivity contribution in [3.8, 4) is 5.75 Å². The van der Waals surface area contributed by atoms with E-state index in [1.165, 1.54) is 12.1 Å². The molecule has 138 valence electrons. The maximum absolute atomic E-state index is 12.0. The normalized spacial score (nSPS) is 11.0. The van der Waals surface area contributed by atoms with E-state index in [2.05, 4.69) is 5.32 Å². The first-order valence-electron chi connectivity index (χ1n) is 8.30. The van der Waals surface area contributed by atoms with E-state index in [1.54, 1.807) is 50.2 Å². The van der Waals surface area contributed by atoms with Crippen LogP contribution in [0.4, 0.5) is 5.69 Å². The van der Waals surface area contributed by atoms with Crippen molar-refractivity contribution >= 4 is 17.6 Å². The van der Waals surface area contributed by atoms with Crippen LogP contribution in [0.25, 0.3) is 0 Å². The number of ether oxygens (including phenoxy) is 1. The number of aryl methyl sites for hydroxylation is 1. The SMILES string of the molecule is CC(C)(O)COc1ccc(NC(=O)CCc2ccc(C(=O)O)cc2)cc1. The quantitative estimate of drug-likeness (QED) is 0.675. The number of carbonyl (C=O) groups excluding carboxylic acids is 1. The number of carboxylic acid groups (broad SMARTS) is 1. The van der Waals surface area contributed by atoms with Crippen molar-refractivity contribution in [1.29, 1.82) is 0 Å². The zero-order chi connectivity index (χ0) is 19.2. The molecular formula is C20H23NO5. The fourth-order valence-corrected chi connectivity index (χ4v) is 2.19. The molecule has 0 aromatic heterocycles. The van der Waals surface area contributed by atoms with E-state index < -0.39 is 11.6 Å². The summed E-state index contributed by atoms with van der Waals surface area (Å²) < 4.78 is 5.46. The molecule has 2 aromatic carbocycles. The predicted molar refractivity (Wildman–Crippen MR) is 98.6 cm³/mol. The van der Waals surface area contributed by atoms with Gasteiger partial charge in [0.15, 0.2) is 0 Å². The van der Waals surface area contributed by atoms with E-state index in [-0.39, 0.29) is 18.1 Å². The summed E-state index contributed by atoms with van der Waals surface area (Å²) in [5.74, 6) is -0.481. The van der Waals surface area contributed by atoms with E-state index >= 15 is 0 Å². The van der Waals surface area contributed by atoms with Crippen LogP contribution in [0.15, 0.2) is 48.5 Å². The molecule has 1 amide bonds. The van der Waals surface area contributed by atoms with Crippen LogP contribution in [0, 0.1) is 0 Å². The zero-order valence-corrected chi connectivity index (χ0v) is 14.9. The topological polar surface area (TPSA) is 95.9 Å². The molecule has 0 unspecified atom stereocenters. The number of benzene rings is 2. The van der Waals surface area contributed by atoms with Gasteiger partial charge in [-0.3, -0.25) is 4.79 Å². The van der Waals surface area contributed by atoms with Gasteiger partial charge in [-0.25, -0.2) is 4.79 Å². The van der Waals surface area contributed by atoms with Crippen LogP contribution in [0.2, 0.25) is 0 Å². The van der Waals surface area contributed by atoms with Gasteiger partial charge in [-0.1, -0.05) is 12.1 Å². The second-order valence-electron chi connectivity index (χ2n) is 6.68. The van der Waals surface area contributed by atoms with E-state index in [9.17, 15) is 14.7 Å². The summed E-state index contributed by atoms with van der Waals surface area (Å²) in [5, 5.41) is 21.3. The summed E-state index contributed by atoms with van der Waals surface area (Å²) in [4.78, 5) is 22.8. The highest BCUT2D eigenvalue weighted by Gasteiger charge is 2.13. The van der Waals surface area contributed by atoms with E-state index in [0.717, 1.165) is 5.56 Å². The average Bonchev–Trinajstić information content (AvgIpc) is 2.59. The minimum atomic E-state index is -0.968. The number of aliphatic hydroxyl groups is 1. The molecule has 0 aliphatic rings. The Morgan fingerprint density at radius 2 is 1.65 bits per heavy atom. The molecule has 0 radical (unpaired) electrons. The lowest BCUT2D eigenvalue weighted by molar-refractivity contribution is -0.116. The van der Waals surface area contributed by atoms with Crippen LogP contribution in [0.3, 0.4) is 0 Å². The lowest BCUT2D eigenvalue weighted by atomic mass is 10.1. The Morgan fingerprint density at radius 1 is 1.04 bits per heavy atom. The van der Waals surface area contributed by atoms with Crippen molar-refractivity contribution in [3.05, 3.63) is 59.7 Å². The molecule has 0 aliphatic carbocycles. The fraction of sp³-hybridized carbons (Fsp3) is 0.300. The first-order chi connectivity index (χ1) is 12.2. The highest BCUT2D eigenvalue weighted by molar-refractivity contribution is 5.91. The first-order valence-corrected chi connectivity index (χ1v) is 8.30. The van der Waals surface area contributed by atoms with Crippen LogP contribution in [0.1, 0.15) is 36.2 Å². The van der Waals surface area contributed by atoms with Crippen molar-refractivity contribution in [3.63, 3.8) is 0 Å². The average molecular weight is 357 g/mol. The molecule has 0 spiro atoms. The molecule has 0 aliphatic heterocycles. The minimum absolute atomic E-state index is 0.127. The Balaban J connectivity index is 1.81. The molecule has 0 bridgehead atoms. The molecule has 0 heterocycles. The number of anilines is 1. The lowest BCUT2D eigenvalue weighted by Crippen LogP contribution is -2.27. The first kappa shape index (κ1) is 19.5. The molecule has 6 nitrogen and oxygen atoms in total. The molecule has 0 saturated carbocycles. The summed E-state index contributed by atoms with van der Waals surface area (Å²) in [7, 11) is 0. The third-order valence-electron chi connectivity index (χ3n) is 3.57. The summed E-state index contributed by atoms with van der Waals surface area (Å²) in [5.41, 5.74) is 0.882. The number of hydrogen-bond acceptors (Lipinski definition) is 4. The maximum atomic E-state index is 12.0. The monoisotopic (exact) mass is 357 g/mol. The van der Waals surface area contributed by atoms with Gasteiger partial charge < -0.3 is 20.3 Å². The second-order valence-corrected chi connectivity index (χ2v) is 6.68. The predicted octanol–water partition coefficient (Wildman–Crippen LogP) is 3.11. The second kappa shape index (κ2) is 8.49. The summed E-state index contributed by atoms with van der Waals surface area (Å²) >= 11 is 0. The van der Waals surface area contributed by atoms with Gasteiger partial charge in [0.1, 0.15) is 12.4 Å². The zero-order valence-electron chi connectivity index (χ0n) is 14.9. The van der Waals surface area contributed by atoms with Crippen LogP contribution in [0.5, 0.6) is 5.75 Å². The van der Waals surface area contributed by atoms with Gasteiger partial charge in [-0.05, 0) is 62.2 Å². The highest BCUT2D eigenvalue weighted by Crippen LogP contribution is 2.17. The lowest BCUT2D eigenvalue weighted by Gasteiger charge is -2.17. The molecule has 0 fully saturated rings. The van der Waals surface area contributed by atoms with Gasteiger partial charge >= 0.3 is 5.97 Å². The Hall–Kier alpha value is -2.86. The summed E-state index contributed by atoms with van der Waals surface area (Å²) in [6, 6.07) is 13.4. The number of amides is 1. The third kappa shape index (κ3) is 6.57. The highest BCUT2D eigenvalue weighted by atomic mass is 16.5. The molecular weight excluding hydrogens is 334 g/mol. The van der Waals surface area contributed by atoms with Crippen LogP contribution in [-0.4, -0.2) is 34.3 Å². The Labute approximate surface area is 152 Å². The van der Waals surface area contributed by atoms with Crippen molar-refractivity contribution in [1.82, 2.24) is 0 Å². The number of carbonyl (C=O) groups is 2. The van der Waals surface area contributed by atoms with Crippen LogP contribution < -0.4 is 10.1 Å². The Bertz CT molecular complexity index is 745. The number of rotatable bonds is 8. The van der Waals surface area contributed by atoms with Crippen molar-refractivity contribution in [2.45, 2.75) is 32.3 Å². The van der Waals surface area contributed by atoms with Crippen LogP contribution >= 0.6 is 0 Å². The molecule has 6 heteroatoms. The minimum Gasteiger partial charge on any atom is -0.491 e. The molecule has 2 aromatic rings. The van der Waals surface area contributed by atoms with Crippen molar-refractivity contribution in [2.24, 2.45) is 0 Å². The Morgan fingerprint density at radius 3 is 2.19 bits per heavy atom. The fourth-order valence-electron chi connectivity index (χ4n) is 2.19. The summed E-state index contributed by atoms with van der Waals surface area (Å²) in [6.07, 6.45) is 0.821. The van der Waals surface area contributed by atoms with Crippen molar-refractivity contribution in [2.75, 3.05) is 11.9 Å². The summed E-state index contributed by atoms with van der Waals surface area (Å²) in [6.45, 7) is 3.51. The Kier molecular flexibility index (Phi) is 6.36. The molecule has 0 saturated heterocycles. The van der Waals surface area contributed by atoms with E-state index in [1.807, 2.05) is 0 Å². The smallest absolute Gasteiger partial charge is 0.335 e. The molecule has 0 atom stereocenters. The van der Waals surface area contributed by atoms with Gasteiger partial charge in [-0.2, -0.15) is 0 Å². The van der Waals surface area contributed by atoms with E-state index in [0.29, 0.717) is 24.3 Å². The third-order valence-corrected chi connectivity index (χ3v) is 3.57. The molecule has 26 heavy (non-hydrogen) atoms. The molecule has 2 rings (SSSR count).